The van der Waals surface area contributed by atoms with E-state index in [0.29, 0.717) is 22.4 Å². The number of benzene rings is 2. The number of carbonyl (C=O) groups excluding carboxylic acids is 1. The van der Waals surface area contributed by atoms with Crippen LogP contribution in [0.1, 0.15) is 32.0 Å². The maximum absolute atomic E-state index is 12.8. The summed E-state index contributed by atoms with van der Waals surface area (Å²) in [6.07, 6.45) is 0.877. The molecule has 0 atom stereocenters. The van der Waals surface area contributed by atoms with E-state index in [-0.39, 0.29) is 44.4 Å². The fourth-order valence-corrected chi connectivity index (χ4v) is 4.16. The molecule has 4 aromatic rings. The highest BCUT2D eigenvalue weighted by Gasteiger charge is 2.24. The van der Waals surface area contributed by atoms with E-state index in [0.717, 1.165) is 4.68 Å². The molecule has 0 fully saturated rings. The largest absolute Gasteiger partial charge is 0.452 e. The zero-order valence-corrected chi connectivity index (χ0v) is 22.8. The van der Waals surface area contributed by atoms with Gasteiger partial charge in [0.05, 0.1) is 28.5 Å². The minimum atomic E-state index is -0.724. The summed E-state index contributed by atoms with van der Waals surface area (Å²) >= 11 is 18.8. The van der Waals surface area contributed by atoms with Crippen LogP contribution in [0.3, 0.4) is 0 Å². The van der Waals surface area contributed by atoms with Gasteiger partial charge in [-0.15, -0.1) is 4.68 Å². The standard InChI is InChI=1S/C25H22Cl3N7O3/c1-25(2,3)38-24(36)35-23-15(5-4-8-32-23)17(33-35)12-34(31)18-7-6-16(27)22(21(18)30)37-19-10-14(26)9-13(11-29)20(19)28/h4-10H,12,30-31H2,1-3H3. The molecule has 196 valence electrons. The number of halogens is 3. The van der Waals surface area contributed by atoms with Crippen LogP contribution in [0.25, 0.3) is 11.0 Å². The molecule has 0 unspecified atom stereocenters. The highest BCUT2D eigenvalue weighted by atomic mass is 35.5. The van der Waals surface area contributed by atoms with Gasteiger partial charge in [-0.05, 0) is 51.1 Å². The van der Waals surface area contributed by atoms with Crippen LogP contribution in [0, 0.1) is 11.3 Å². The summed E-state index contributed by atoms with van der Waals surface area (Å²) in [5, 5.41) is 16.1. The van der Waals surface area contributed by atoms with Crippen LogP contribution in [0.2, 0.25) is 15.1 Å². The first-order chi connectivity index (χ1) is 17.9. The van der Waals surface area contributed by atoms with E-state index < -0.39 is 11.7 Å². The van der Waals surface area contributed by atoms with Gasteiger partial charge in [-0.1, -0.05) is 34.8 Å². The highest BCUT2D eigenvalue weighted by molar-refractivity contribution is 6.35. The Hall–Kier alpha value is -3.75. The Morgan fingerprint density at radius 1 is 1.21 bits per heavy atom. The van der Waals surface area contributed by atoms with Crippen molar-refractivity contribution in [1.29, 1.82) is 5.26 Å². The van der Waals surface area contributed by atoms with E-state index in [1.165, 1.54) is 17.1 Å². The zero-order chi connectivity index (χ0) is 27.8. The van der Waals surface area contributed by atoms with Gasteiger partial charge in [0.1, 0.15) is 28.1 Å². The fraction of sp³-hybridized carbons (Fsp3) is 0.200. The van der Waals surface area contributed by atoms with Gasteiger partial charge in [-0.3, -0.25) is 0 Å². The first kappa shape index (κ1) is 27.3. The number of ether oxygens (including phenoxy) is 2. The minimum absolute atomic E-state index is 0.0414. The Bertz CT molecular complexity index is 1590. The summed E-state index contributed by atoms with van der Waals surface area (Å²) in [7, 11) is 0. The topological polar surface area (TPSA) is 145 Å². The number of pyridine rings is 1. The molecule has 38 heavy (non-hydrogen) atoms. The van der Waals surface area contributed by atoms with E-state index in [2.05, 4.69) is 10.1 Å². The number of anilines is 2. The van der Waals surface area contributed by atoms with Gasteiger partial charge in [0.2, 0.25) is 0 Å². The Balaban J connectivity index is 1.69. The maximum Gasteiger partial charge on any atom is 0.437 e. The van der Waals surface area contributed by atoms with Crippen molar-refractivity contribution in [3.05, 3.63) is 68.9 Å². The molecule has 0 spiro atoms. The number of hydrogen-bond donors (Lipinski definition) is 2. The average molecular weight is 575 g/mol. The van der Waals surface area contributed by atoms with Crippen LogP contribution in [0.4, 0.5) is 16.2 Å². The van der Waals surface area contributed by atoms with Crippen molar-refractivity contribution in [3.8, 4) is 17.6 Å². The molecule has 0 saturated carbocycles. The number of nitrogen functional groups attached to an aromatic ring is 1. The number of carbonyl (C=O) groups is 1. The molecule has 0 bridgehead atoms. The SMILES string of the molecule is CC(C)(C)OC(=O)n1nc(CN(N)c2ccc(Cl)c(Oc3cc(Cl)cc(C#N)c3Cl)c2N)c2cccnc21. The van der Waals surface area contributed by atoms with Crippen LogP contribution in [0.5, 0.6) is 11.5 Å². The van der Waals surface area contributed by atoms with Gasteiger partial charge < -0.3 is 20.2 Å². The van der Waals surface area contributed by atoms with Gasteiger partial charge in [-0.25, -0.2) is 15.6 Å². The molecule has 4 N–H and O–H groups in total. The van der Waals surface area contributed by atoms with Crippen molar-refractivity contribution in [2.24, 2.45) is 5.84 Å². The van der Waals surface area contributed by atoms with Crippen LogP contribution < -0.4 is 21.3 Å². The molecule has 13 heteroatoms. The Kier molecular flexibility index (Phi) is 7.58. The molecule has 0 aliphatic rings. The Morgan fingerprint density at radius 2 is 1.95 bits per heavy atom. The third kappa shape index (κ3) is 5.56. The number of nitriles is 1. The van der Waals surface area contributed by atoms with E-state index in [9.17, 15) is 10.1 Å². The molecule has 10 nitrogen and oxygen atoms in total. The van der Waals surface area contributed by atoms with Gasteiger partial charge in [0.15, 0.2) is 11.4 Å². The van der Waals surface area contributed by atoms with Gasteiger partial charge >= 0.3 is 6.09 Å². The monoisotopic (exact) mass is 573 g/mol. The lowest BCUT2D eigenvalue weighted by atomic mass is 10.2. The lowest BCUT2D eigenvalue weighted by Gasteiger charge is -2.22. The zero-order valence-electron chi connectivity index (χ0n) is 20.5. The number of aromatic nitrogens is 3. The predicted octanol–water partition coefficient (Wildman–Crippen LogP) is 6.30. The van der Waals surface area contributed by atoms with Gasteiger partial charge in [0, 0.05) is 22.7 Å². The van der Waals surface area contributed by atoms with Crippen LogP contribution in [-0.2, 0) is 11.3 Å². The van der Waals surface area contributed by atoms with Gasteiger partial charge in [-0.2, -0.15) is 10.4 Å². The van der Waals surface area contributed by atoms with Crippen molar-refractivity contribution in [3.63, 3.8) is 0 Å². The Labute approximate surface area is 233 Å². The molecule has 0 saturated heterocycles. The smallest absolute Gasteiger partial charge is 0.437 e. The molecule has 2 heterocycles. The second-order valence-corrected chi connectivity index (χ2v) is 10.4. The summed E-state index contributed by atoms with van der Waals surface area (Å²) in [4.78, 5) is 17.0. The number of rotatable bonds is 5. The molecule has 0 radical (unpaired) electrons. The van der Waals surface area contributed by atoms with E-state index in [1.807, 2.05) is 6.07 Å². The summed E-state index contributed by atoms with van der Waals surface area (Å²) in [5.41, 5.74) is 7.03. The quantitative estimate of drug-likeness (QED) is 0.159. The maximum atomic E-state index is 12.8. The number of fused-ring (bicyclic) bond motifs is 1. The number of hydrogen-bond acceptors (Lipinski definition) is 9. The van der Waals surface area contributed by atoms with Gasteiger partial charge in [0.25, 0.3) is 0 Å². The van der Waals surface area contributed by atoms with Crippen molar-refractivity contribution in [2.45, 2.75) is 32.9 Å². The van der Waals surface area contributed by atoms with Crippen molar-refractivity contribution < 1.29 is 14.3 Å². The Morgan fingerprint density at radius 3 is 2.63 bits per heavy atom. The molecule has 0 amide bonds. The van der Waals surface area contributed by atoms with Crippen molar-refractivity contribution in [2.75, 3.05) is 10.7 Å². The summed E-state index contributed by atoms with van der Waals surface area (Å²) < 4.78 is 12.4. The van der Waals surface area contributed by atoms with Crippen molar-refractivity contribution >= 4 is 63.3 Å². The molecular weight excluding hydrogens is 553 g/mol. The van der Waals surface area contributed by atoms with E-state index in [4.69, 9.17) is 55.9 Å². The van der Waals surface area contributed by atoms with Crippen LogP contribution >= 0.6 is 34.8 Å². The lowest BCUT2D eigenvalue weighted by molar-refractivity contribution is 0.0521. The second-order valence-electron chi connectivity index (χ2n) is 9.13. The van der Waals surface area contributed by atoms with E-state index in [1.54, 1.807) is 51.2 Å². The summed E-state index contributed by atoms with van der Waals surface area (Å²) in [6, 6.07) is 11.4. The number of nitrogens with zero attached hydrogens (tertiary/aromatic N) is 5. The highest BCUT2D eigenvalue weighted by Crippen LogP contribution is 2.43. The van der Waals surface area contributed by atoms with Crippen LogP contribution in [0.15, 0.2) is 42.6 Å². The second kappa shape index (κ2) is 10.6. The number of hydrazine groups is 1. The molecular formula is C25H22Cl3N7O3. The molecule has 2 aromatic carbocycles. The molecule has 2 aromatic heterocycles. The summed E-state index contributed by atoms with van der Waals surface area (Å²) in [5.74, 6) is 6.56. The third-order valence-electron chi connectivity index (χ3n) is 5.18. The normalized spacial score (nSPS) is 11.3. The predicted molar refractivity (Wildman–Crippen MR) is 147 cm³/mol. The van der Waals surface area contributed by atoms with Crippen molar-refractivity contribution in [1.82, 2.24) is 14.8 Å². The lowest BCUT2D eigenvalue weighted by Crippen LogP contribution is -2.31. The number of nitrogens with two attached hydrogens (primary N) is 2. The van der Waals surface area contributed by atoms with E-state index >= 15 is 0 Å². The first-order valence-electron chi connectivity index (χ1n) is 11.1. The van der Waals surface area contributed by atoms with Crippen LogP contribution in [-0.4, -0.2) is 26.5 Å². The molecule has 0 aliphatic heterocycles. The molecule has 4 rings (SSSR count). The molecule has 0 aliphatic carbocycles. The fourth-order valence-electron chi connectivity index (χ4n) is 3.56. The minimum Gasteiger partial charge on any atom is -0.452 e. The summed E-state index contributed by atoms with van der Waals surface area (Å²) in [6.45, 7) is 5.31. The first-order valence-corrected chi connectivity index (χ1v) is 12.3. The third-order valence-corrected chi connectivity index (χ3v) is 6.08. The average Bonchev–Trinajstić information content (AvgIpc) is 3.21.